The predicted octanol–water partition coefficient (Wildman–Crippen LogP) is 2.17. The fraction of sp³-hybridized carbons (Fsp3) is 0.625. The molecule has 1 saturated carbocycles. The zero-order valence-electron chi connectivity index (χ0n) is 13.3. The van der Waals surface area contributed by atoms with E-state index in [1.54, 1.807) is 0 Å². The Hall–Kier alpha value is -1.09. The van der Waals surface area contributed by atoms with Crippen LogP contribution in [0.1, 0.15) is 31.2 Å². The standard InChI is InChI=1S/C16H24N4O2.HI/c17-16(20-7-9-21-10-8-20)19-12-13-5-6-15(18-11-13)22-14-3-1-2-4-14;/h5-6,11,14H,1-4,7-10,12H2,(H2,17,19);1H. The number of aliphatic imine (C=N–C) groups is 1. The summed E-state index contributed by atoms with van der Waals surface area (Å²) in [5, 5.41) is 0. The number of aromatic nitrogens is 1. The van der Waals surface area contributed by atoms with E-state index in [0.717, 1.165) is 31.5 Å². The molecule has 1 aliphatic carbocycles. The fourth-order valence-electron chi connectivity index (χ4n) is 2.82. The molecular formula is C16H25IN4O2. The highest BCUT2D eigenvalue weighted by Crippen LogP contribution is 2.22. The van der Waals surface area contributed by atoms with Crippen LogP contribution in [-0.4, -0.2) is 48.3 Å². The predicted molar refractivity (Wildman–Crippen MR) is 100 cm³/mol. The topological polar surface area (TPSA) is 73.0 Å². The van der Waals surface area contributed by atoms with Crippen molar-refractivity contribution in [3.8, 4) is 5.88 Å². The summed E-state index contributed by atoms with van der Waals surface area (Å²) in [5.41, 5.74) is 7.05. The number of nitrogens with zero attached hydrogens (tertiary/aromatic N) is 3. The van der Waals surface area contributed by atoms with E-state index in [9.17, 15) is 0 Å². The highest BCUT2D eigenvalue weighted by atomic mass is 127. The number of guanidine groups is 1. The first kappa shape index (κ1) is 18.3. The lowest BCUT2D eigenvalue weighted by molar-refractivity contribution is 0.0674. The van der Waals surface area contributed by atoms with Crippen LogP contribution >= 0.6 is 24.0 Å². The lowest BCUT2D eigenvalue weighted by atomic mass is 10.3. The van der Waals surface area contributed by atoms with Crippen molar-refractivity contribution in [1.29, 1.82) is 0 Å². The van der Waals surface area contributed by atoms with Gasteiger partial charge in [0.1, 0.15) is 6.10 Å². The van der Waals surface area contributed by atoms with Crippen molar-refractivity contribution in [1.82, 2.24) is 9.88 Å². The van der Waals surface area contributed by atoms with Crippen molar-refractivity contribution >= 4 is 29.9 Å². The number of hydrogen-bond donors (Lipinski definition) is 1. The van der Waals surface area contributed by atoms with Crippen molar-refractivity contribution in [2.75, 3.05) is 26.3 Å². The minimum Gasteiger partial charge on any atom is -0.474 e. The van der Waals surface area contributed by atoms with Gasteiger partial charge in [-0.25, -0.2) is 9.98 Å². The van der Waals surface area contributed by atoms with Crippen LogP contribution in [0, 0.1) is 0 Å². The Balaban J connectivity index is 0.00000192. The van der Waals surface area contributed by atoms with Gasteiger partial charge in [-0.1, -0.05) is 6.07 Å². The van der Waals surface area contributed by atoms with Crippen molar-refractivity contribution in [3.05, 3.63) is 23.9 Å². The van der Waals surface area contributed by atoms with Crippen molar-refractivity contribution in [3.63, 3.8) is 0 Å². The van der Waals surface area contributed by atoms with Gasteiger partial charge in [-0.05, 0) is 31.2 Å². The highest BCUT2D eigenvalue weighted by molar-refractivity contribution is 14.0. The van der Waals surface area contributed by atoms with E-state index in [1.165, 1.54) is 12.8 Å². The number of ether oxygens (including phenoxy) is 2. The third kappa shape index (κ3) is 5.49. The molecule has 2 N–H and O–H groups in total. The molecule has 7 heteroatoms. The third-order valence-corrected chi connectivity index (χ3v) is 4.15. The Morgan fingerprint density at radius 1 is 1.30 bits per heavy atom. The van der Waals surface area contributed by atoms with Crippen LogP contribution in [0.15, 0.2) is 23.3 Å². The molecule has 23 heavy (non-hydrogen) atoms. The van der Waals surface area contributed by atoms with Crippen LogP contribution < -0.4 is 10.5 Å². The number of pyridine rings is 1. The molecule has 0 amide bonds. The molecule has 0 spiro atoms. The minimum absolute atomic E-state index is 0. The van der Waals surface area contributed by atoms with Gasteiger partial charge in [0, 0.05) is 25.4 Å². The summed E-state index contributed by atoms with van der Waals surface area (Å²) in [4.78, 5) is 10.9. The SMILES string of the molecule is I.NC(=NCc1ccc(OC2CCCC2)nc1)N1CCOCC1. The number of morpholine rings is 1. The molecule has 0 atom stereocenters. The third-order valence-electron chi connectivity index (χ3n) is 4.15. The molecule has 6 nitrogen and oxygen atoms in total. The zero-order chi connectivity index (χ0) is 15.2. The summed E-state index contributed by atoms with van der Waals surface area (Å²) in [6.45, 7) is 3.58. The van der Waals surface area contributed by atoms with E-state index in [2.05, 4.69) is 14.9 Å². The fourth-order valence-corrected chi connectivity index (χ4v) is 2.82. The maximum Gasteiger partial charge on any atom is 0.213 e. The molecule has 0 unspecified atom stereocenters. The Kier molecular flexibility index (Phi) is 7.35. The monoisotopic (exact) mass is 432 g/mol. The molecule has 1 saturated heterocycles. The summed E-state index contributed by atoms with van der Waals surface area (Å²) in [6.07, 6.45) is 6.97. The van der Waals surface area contributed by atoms with Crippen LogP contribution in [-0.2, 0) is 11.3 Å². The second-order valence-electron chi connectivity index (χ2n) is 5.80. The Morgan fingerprint density at radius 3 is 2.70 bits per heavy atom. The summed E-state index contributed by atoms with van der Waals surface area (Å²) in [7, 11) is 0. The minimum atomic E-state index is 0. The Morgan fingerprint density at radius 2 is 2.04 bits per heavy atom. The lowest BCUT2D eigenvalue weighted by Crippen LogP contribution is -2.44. The van der Waals surface area contributed by atoms with Crippen LogP contribution in [0.25, 0.3) is 0 Å². The number of halogens is 1. The molecule has 1 aromatic heterocycles. The van der Waals surface area contributed by atoms with Gasteiger partial charge < -0.3 is 20.1 Å². The molecule has 0 bridgehead atoms. The first-order chi connectivity index (χ1) is 10.8. The van der Waals surface area contributed by atoms with Gasteiger partial charge in [-0.15, -0.1) is 24.0 Å². The highest BCUT2D eigenvalue weighted by Gasteiger charge is 2.16. The summed E-state index contributed by atoms with van der Waals surface area (Å²) in [5.74, 6) is 1.29. The van der Waals surface area contributed by atoms with Gasteiger partial charge in [0.2, 0.25) is 5.88 Å². The van der Waals surface area contributed by atoms with Gasteiger partial charge in [0.05, 0.1) is 19.8 Å². The van der Waals surface area contributed by atoms with Gasteiger partial charge in [-0.3, -0.25) is 0 Å². The second-order valence-corrected chi connectivity index (χ2v) is 5.80. The average Bonchev–Trinajstić information content (AvgIpc) is 3.08. The molecule has 128 valence electrons. The van der Waals surface area contributed by atoms with E-state index in [4.69, 9.17) is 15.2 Å². The summed E-state index contributed by atoms with van der Waals surface area (Å²) in [6, 6.07) is 3.93. The van der Waals surface area contributed by atoms with Gasteiger partial charge in [-0.2, -0.15) is 0 Å². The Labute approximate surface area is 154 Å². The Bertz CT molecular complexity index is 497. The molecular weight excluding hydrogens is 407 g/mol. The maximum absolute atomic E-state index is 6.01. The first-order valence-corrected chi connectivity index (χ1v) is 8.05. The van der Waals surface area contributed by atoms with Crippen LogP contribution in [0.4, 0.5) is 0 Å². The summed E-state index contributed by atoms with van der Waals surface area (Å²) >= 11 is 0. The number of rotatable bonds is 4. The van der Waals surface area contributed by atoms with Crippen molar-refractivity contribution < 1.29 is 9.47 Å². The van der Waals surface area contributed by atoms with Crippen LogP contribution in [0.5, 0.6) is 5.88 Å². The largest absolute Gasteiger partial charge is 0.474 e. The lowest BCUT2D eigenvalue weighted by Gasteiger charge is -2.27. The van der Waals surface area contributed by atoms with Crippen molar-refractivity contribution in [2.45, 2.75) is 38.3 Å². The van der Waals surface area contributed by atoms with Crippen LogP contribution in [0.2, 0.25) is 0 Å². The molecule has 3 rings (SSSR count). The zero-order valence-corrected chi connectivity index (χ0v) is 15.6. The molecule has 1 aliphatic heterocycles. The normalized spacial score (nSPS) is 19.5. The van der Waals surface area contributed by atoms with E-state index in [-0.39, 0.29) is 24.0 Å². The molecule has 0 radical (unpaired) electrons. The first-order valence-electron chi connectivity index (χ1n) is 8.05. The molecule has 2 aliphatic rings. The molecule has 2 fully saturated rings. The quantitative estimate of drug-likeness (QED) is 0.449. The maximum atomic E-state index is 6.01. The van der Waals surface area contributed by atoms with E-state index < -0.39 is 0 Å². The van der Waals surface area contributed by atoms with Crippen molar-refractivity contribution in [2.24, 2.45) is 10.7 Å². The van der Waals surface area contributed by atoms with Gasteiger partial charge in [0.25, 0.3) is 0 Å². The van der Waals surface area contributed by atoms with Crippen LogP contribution in [0.3, 0.4) is 0 Å². The number of nitrogens with two attached hydrogens (primary N) is 1. The van der Waals surface area contributed by atoms with E-state index >= 15 is 0 Å². The second kappa shape index (κ2) is 9.27. The van der Waals surface area contributed by atoms with Gasteiger partial charge in [0.15, 0.2) is 5.96 Å². The van der Waals surface area contributed by atoms with E-state index in [0.29, 0.717) is 37.7 Å². The number of hydrogen-bond acceptors (Lipinski definition) is 4. The molecule has 1 aromatic rings. The van der Waals surface area contributed by atoms with Gasteiger partial charge >= 0.3 is 0 Å². The molecule has 2 heterocycles. The average molecular weight is 432 g/mol. The van der Waals surface area contributed by atoms with E-state index in [1.807, 2.05) is 18.3 Å². The molecule has 0 aromatic carbocycles. The smallest absolute Gasteiger partial charge is 0.213 e. The summed E-state index contributed by atoms with van der Waals surface area (Å²) < 4.78 is 11.2.